The molecule has 0 bridgehead atoms. The minimum Gasteiger partial charge on any atom is -0.486 e. The molecule has 1 N–H and O–H groups in total. The number of thiazole rings is 1. The van der Waals surface area contributed by atoms with Gasteiger partial charge in [-0.3, -0.25) is 0 Å². The SMILES string of the molecule is CCNCc1csc(COc2cc(C)ccc2C)n1. The van der Waals surface area contributed by atoms with E-state index in [0.29, 0.717) is 6.61 Å². The molecule has 0 saturated heterocycles. The summed E-state index contributed by atoms with van der Waals surface area (Å²) < 4.78 is 5.85. The zero-order chi connectivity index (χ0) is 13.7. The number of ether oxygens (including phenoxy) is 1. The van der Waals surface area contributed by atoms with Crippen molar-refractivity contribution in [1.82, 2.24) is 10.3 Å². The smallest absolute Gasteiger partial charge is 0.140 e. The van der Waals surface area contributed by atoms with Gasteiger partial charge >= 0.3 is 0 Å². The Morgan fingerprint density at radius 3 is 2.95 bits per heavy atom. The zero-order valence-corrected chi connectivity index (χ0v) is 12.5. The van der Waals surface area contributed by atoms with Gasteiger partial charge in [-0.05, 0) is 37.6 Å². The lowest BCUT2D eigenvalue weighted by molar-refractivity contribution is 0.303. The topological polar surface area (TPSA) is 34.1 Å². The van der Waals surface area contributed by atoms with Crippen molar-refractivity contribution in [3.63, 3.8) is 0 Å². The van der Waals surface area contributed by atoms with Gasteiger partial charge in [0.25, 0.3) is 0 Å². The molecule has 1 aromatic carbocycles. The van der Waals surface area contributed by atoms with Crippen LogP contribution < -0.4 is 10.1 Å². The van der Waals surface area contributed by atoms with Gasteiger partial charge in [0, 0.05) is 11.9 Å². The van der Waals surface area contributed by atoms with Crippen LogP contribution in [0.25, 0.3) is 0 Å². The maximum atomic E-state index is 5.85. The fraction of sp³-hybridized carbons (Fsp3) is 0.400. The second kappa shape index (κ2) is 6.68. The lowest BCUT2D eigenvalue weighted by Gasteiger charge is -2.08. The zero-order valence-electron chi connectivity index (χ0n) is 11.7. The molecule has 0 unspecified atom stereocenters. The lowest BCUT2D eigenvalue weighted by atomic mass is 10.1. The summed E-state index contributed by atoms with van der Waals surface area (Å²) in [5.41, 5.74) is 3.47. The molecule has 2 aromatic rings. The molecule has 1 heterocycles. The molecule has 0 fully saturated rings. The number of aromatic nitrogens is 1. The Bertz CT molecular complexity index is 537. The third-order valence-electron chi connectivity index (χ3n) is 2.85. The van der Waals surface area contributed by atoms with Crippen LogP contribution in [0.1, 0.15) is 28.8 Å². The van der Waals surface area contributed by atoms with Crippen molar-refractivity contribution >= 4 is 11.3 Å². The third kappa shape index (κ3) is 4.04. The maximum absolute atomic E-state index is 5.85. The van der Waals surface area contributed by atoms with Crippen LogP contribution in [0.4, 0.5) is 0 Å². The molecule has 0 amide bonds. The highest BCUT2D eigenvalue weighted by molar-refractivity contribution is 7.09. The van der Waals surface area contributed by atoms with Crippen molar-refractivity contribution in [1.29, 1.82) is 0 Å². The van der Waals surface area contributed by atoms with Crippen LogP contribution in [0.5, 0.6) is 5.75 Å². The molecule has 19 heavy (non-hydrogen) atoms. The minimum absolute atomic E-state index is 0.543. The number of benzene rings is 1. The molecule has 0 saturated carbocycles. The highest BCUT2D eigenvalue weighted by Crippen LogP contribution is 2.21. The summed E-state index contributed by atoms with van der Waals surface area (Å²) in [5.74, 6) is 0.948. The Morgan fingerprint density at radius 1 is 1.32 bits per heavy atom. The first kappa shape index (κ1) is 14.0. The summed E-state index contributed by atoms with van der Waals surface area (Å²) in [6.45, 7) is 8.57. The van der Waals surface area contributed by atoms with Crippen molar-refractivity contribution in [2.24, 2.45) is 0 Å². The molecule has 102 valence electrons. The predicted octanol–water partition coefficient (Wildman–Crippen LogP) is 3.45. The van der Waals surface area contributed by atoms with E-state index in [-0.39, 0.29) is 0 Å². The standard InChI is InChI=1S/C15H20N2OS/c1-4-16-8-13-10-19-15(17-13)9-18-14-7-11(2)5-6-12(14)3/h5-7,10,16H,4,8-9H2,1-3H3. The normalized spacial score (nSPS) is 10.7. The molecule has 0 atom stereocenters. The van der Waals surface area contributed by atoms with Gasteiger partial charge in [-0.25, -0.2) is 4.98 Å². The van der Waals surface area contributed by atoms with Gasteiger partial charge in [0.15, 0.2) is 0 Å². The van der Waals surface area contributed by atoms with Crippen LogP contribution in [0, 0.1) is 13.8 Å². The summed E-state index contributed by atoms with van der Waals surface area (Å²) in [6, 6.07) is 6.26. The van der Waals surface area contributed by atoms with Crippen molar-refractivity contribution in [2.45, 2.75) is 33.9 Å². The van der Waals surface area contributed by atoms with Gasteiger partial charge in [-0.2, -0.15) is 0 Å². The van der Waals surface area contributed by atoms with E-state index in [9.17, 15) is 0 Å². The number of aryl methyl sites for hydroxylation is 2. The van der Waals surface area contributed by atoms with E-state index in [0.717, 1.165) is 35.1 Å². The third-order valence-corrected chi connectivity index (χ3v) is 3.72. The van der Waals surface area contributed by atoms with Gasteiger partial charge in [-0.1, -0.05) is 19.1 Å². The van der Waals surface area contributed by atoms with Crippen LogP contribution in [0.2, 0.25) is 0 Å². The van der Waals surface area contributed by atoms with E-state index in [1.54, 1.807) is 11.3 Å². The number of nitrogens with one attached hydrogen (secondary N) is 1. The molecule has 0 spiro atoms. The average molecular weight is 276 g/mol. The Labute approximate surface area is 118 Å². The largest absolute Gasteiger partial charge is 0.486 e. The molecule has 0 aliphatic heterocycles. The molecule has 2 rings (SSSR count). The summed E-state index contributed by atoms with van der Waals surface area (Å²) in [6.07, 6.45) is 0. The Morgan fingerprint density at radius 2 is 2.16 bits per heavy atom. The average Bonchev–Trinajstić information content (AvgIpc) is 2.85. The van der Waals surface area contributed by atoms with Crippen molar-refractivity contribution < 1.29 is 4.74 Å². The first-order valence-corrected chi connectivity index (χ1v) is 7.41. The number of rotatable bonds is 6. The summed E-state index contributed by atoms with van der Waals surface area (Å²) in [5, 5.41) is 6.38. The van der Waals surface area contributed by atoms with E-state index < -0.39 is 0 Å². The molecule has 3 nitrogen and oxygen atoms in total. The van der Waals surface area contributed by atoms with E-state index >= 15 is 0 Å². The minimum atomic E-state index is 0.543. The van der Waals surface area contributed by atoms with E-state index in [2.05, 4.69) is 54.7 Å². The molecular formula is C15H20N2OS. The van der Waals surface area contributed by atoms with Crippen molar-refractivity contribution in [3.05, 3.63) is 45.4 Å². The van der Waals surface area contributed by atoms with Crippen LogP contribution in [0.15, 0.2) is 23.6 Å². The Hall–Kier alpha value is -1.39. The van der Waals surface area contributed by atoms with Gasteiger partial charge in [0.05, 0.1) is 5.69 Å². The fourth-order valence-electron chi connectivity index (χ4n) is 1.75. The summed E-state index contributed by atoms with van der Waals surface area (Å²) in [7, 11) is 0. The first-order valence-electron chi connectivity index (χ1n) is 6.53. The Balaban J connectivity index is 1.94. The van der Waals surface area contributed by atoms with Gasteiger partial charge in [0.1, 0.15) is 17.4 Å². The van der Waals surface area contributed by atoms with Crippen molar-refractivity contribution in [3.8, 4) is 5.75 Å². The number of nitrogens with zero attached hydrogens (tertiary/aromatic N) is 1. The molecule has 1 aromatic heterocycles. The van der Waals surface area contributed by atoms with Gasteiger partial charge in [-0.15, -0.1) is 11.3 Å². The highest BCUT2D eigenvalue weighted by Gasteiger charge is 2.04. The number of hydrogen-bond donors (Lipinski definition) is 1. The van der Waals surface area contributed by atoms with Crippen molar-refractivity contribution in [2.75, 3.05) is 6.54 Å². The second-order valence-corrected chi connectivity index (χ2v) is 5.51. The van der Waals surface area contributed by atoms with Gasteiger partial charge < -0.3 is 10.1 Å². The second-order valence-electron chi connectivity index (χ2n) is 4.57. The Kier molecular flexibility index (Phi) is 4.93. The molecule has 4 heteroatoms. The quantitative estimate of drug-likeness (QED) is 0.877. The van der Waals surface area contributed by atoms with E-state index in [1.807, 2.05) is 0 Å². The maximum Gasteiger partial charge on any atom is 0.140 e. The van der Waals surface area contributed by atoms with Crippen LogP contribution in [0.3, 0.4) is 0 Å². The highest BCUT2D eigenvalue weighted by atomic mass is 32.1. The van der Waals surface area contributed by atoms with Crippen LogP contribution >= 0.6 is 11.3 Å². The van der Waals surface area contributed by atoms with Gasteiger partial charge in [0.2, 0.25) is 0 Å². The molecule has 0 aliphatic rings. The number of hydrogen-bond acceptors (Lipinski definition) is 4. The molecular weight excluding hydrogens is 256 g/mol. The summed E-state index contributed by atoms with van der Waals surface area (Å²) >= 11 is 1.65. The summed E-state index contributed by atoms with van der Waals surface area (Å²) in [4.78, 5) is 4.55. The lowest BCUT2D eigenvalue weighted by Crippen LogP contribution is -2.12. The predicted molar refractivity (Wildman–Crippen MR) is 79.7 cm³/mol. The van der Waals surface area contributed by atoms with E-state index in [4.69, 9.17) is 4.74 Å². The van der Waals surface area contributed by atoms with E-state index in [1.165, 1.54) is 5.56 Å². The van der Waals surface area contributed by atoms with Crippen LogP contribution in [-0.2, 0) is 13.2 Å². The first-order chi connectivity index (χ1) is 9.19. The van der Waals surface area contributed by atoms with Crippen LogP contribution in [-0.4, -0.2) is 11.5 Å². The molecule has 0 aliphatic carbocycles. The molecule has 0 radical (unpaired) electrons. The fourth-order valence-corrected chi connectivity index (χ4v) is 2.46. The monoisotopic (exact) mass is 276 g/mol.